The van der Waals surface area contributed by atoms with Crippen LogP contribution in [-0.4, -0.2) is 47.4 Å². The van der Waals surface area contributed by atoms with E-state index in [9.17, 15) is 19.7 Å². The predicted octanol–water partition coefficient (Wildman–Crippen LogP) is 4.01. The predicted molar refractivity (Wildman–Crippen MR) is 129 cm³/mol. The third-order valence-electron chi connectivity index (χ3n) is 5.57. The fourth-order valence-corrected chi connectivity index (χ4v) is 3.38. The lowest BCUT2D eigenvalue weighted by atomic mass is 10.1. The first-order valence-corrected chi connectivity index (χ1v) is 11.3. The Morgan fingerprint density at radius 1 is 1.12 bits per heavy atom. The van der Waals surface area contributed by atoms with E-state index in [2.05, 4.69) is 5.32 Å². The molecule has 0 saturated heterocycles. The van der Waals surface area contributed by atoms with Gasteiger partial charge in [0.2, 0.25) is 11.7 Å². The standard InChI is InChI=1S/C25H33N3O6/c1-6-18(4)26-25(30)21(7-2)27(15-19-10-8-17(3)9-11-19)24(29)16-34-20-12-13-22(28(31)32)23(14-20)33-5/h8-14,18,21H,6-7,15-16H2,1-5H3,(H,26,30)/t18-,21+/m1/s1. The molecule has 2 amide bonds. The lowest BCUT2D eigenvalue weighted by molar-refractivity contribution is -0.385. The Bertz CT molecular complexity index is 993. The fraction of sp³-hybridized carbons (Fsp3) is 0.440. The Morgan fingerprint density at radius 3 is 2.35 bits per heavy atom. The van der Waals surface area contributed by atoms with Crippen LogP contribution in [0.2, 0.25) is 0 Å². The Morgan fingerprint density at radius 2 is 1.79 bits per heavy atom. The highest BCUT2D eigenvalue weighted by Gasteiger charge is 2.29. The van der Waals surface area contributed by atoms with Gasteiger partial charge in [-0.15, -0.1) is 0 Å². The molecule has 0 radical (unpaired) electrons. The lowest BCUT2D eigenvalue weighted by Crippen LogP contribution is -2.51. The van der Waals surface area contributed by atoms with E-state index in [0.717, 1.165) is 17.5 Å². The Balaban J connectivity index is 2.24. The second-order valence-corrected chi connectivity index (χ2v) is 8.13. The number of benzene rings is 2. The summed E-state index contributed by atoms with van der Waals surface area (Å²) in [5.41, 5.74) is 1.79. The number of hydrogen-bond donors (Lipinski definition) is 1. The van der Waals surface area contributed by atoms with Crippen molar-refractivity contribution >= 4 is 17.5 Å². The third kappa shape index (κ3) is 7.19. The number of rotatable bonds is 12. The summed E-state index contributed by atoms with van der Waals surface area (Å²) in [6.07, 6.45) is 1.21. The largest absolute Gasteiger partial charge is 0.490 e. The van der Waals surface area contributed by atoms with Crippen LogP contribution in [0.5, 0.6) is 11.5 Å². The zero-order chi connectivity index (χ0) is 25.3. The minimum Gasteiger partial charge on any atom is -0.490 e. The molecule has 0 aliphatic heterocycles. The molecule has 1 N–H and O–H groups in total. The van der Waals surface area contributed by atoms with Crippen molar-refractivity contribution in [3.8, 4) is 11.5 Å². The third-order valence-corrected chi connectivity index (χ3v) is 5.57. The van der Waals surface area contributed by atoms with Gasteiger partial charge in [0.05, 0.1) is 12.0 Å². The van der Waals surface area contributed by atoms with Crippen molar-refractivity contribution in [2.45, 2.75) is 59.2 Å². The maximum absolute atomic E-state index is 13.3. The molecule has 9 nitrogen and oxygen atoms in total. The quantitative estimate of drug-likeness (QED) is 0.370. The van der Waals surface area contributed by atoms with E-state index in [4.69, 9.17) is 9.47 Å². The summed E-state index contributed by atoms with van der Waals surface area (Å²) in [4.78, 5) is 38.3. The van der Waals surface area contributed by atoms with Crippen molar-refractivity contribution in [1.29, 1.82) is 0 Å². The van der Waals surface area contributed by atoms with E-state index in [-0.39, 0.29) is 48.2 Å². The Hall–Kier alpha value is -3.62. The summed E-state index contributed by atoms with van der Waals surface area (Å²) in [6.45, 7) is 7.65. The fourth-order valence-electron chi connectivity index (χ4n) is 3.38. The van der Waals surface area contributed by atoms with Crippen molar-refractivity contribution < 1.29 is 24.0 Å². The number of hydrogen-bond acceptors (Lipinski definition) is 6. The summed E-state index contributed by atoms with van der Waals surface area (Å²) in [6, 6.07) is 11.1. The van der Waals surface area contributed by atoms with Crippen molar-refractivity contribution in [2.75, 3.05) is 13.7 Å². The number of nitro groups is 1. The zero-order valence-corrected chi connectivity index (χ0v) is 20.4. The first kappa shape index (κ1) is 26.6. The molecule has 2 aromatic rings. The van der Waals surface area contributed by atoms with Crippen LogP contribution in [-0.2, 0) is 16.1 Å². The van der Waals surface area contributed by atoms with Crippen molar-refractivity contribution in [2.24, 2.45) is 0 Å². The number of carbonyl (C=O) groups excluding carboxylic acids is 2. The first-order chi connectivity index (χ1) is 16.2. The number of aryl methyl sites for hydroxylation is 1. The summed E-state index contributed by atoms with van der Waals surface area (Å²) in [5, 5.41) is 14.1. The minimum atomic E-state index is -0.669. The maximum Gasteiger partial charge on any atom is 0.311 e. The van der Waals surface area contributed by atoms with Crippen LogP contribution in [0.3, 0.4) is 0 Å². The molecule has 0 fully saturated rings. The van der Waals surface area contributed by atoms with Crippen LogP contribution < -0.4 is 14.8 Å². The van der Waals surface area contributed by atoms with Crippen LogP contribution >= 0.6 is 0 Å². The molecule has 0 spiro atoms. The average Bonchev–Trinajstić information content (AvgIpc) is 2.83. The van der Waals surface area contributed by atoms with Crippen molar-refractivity contribution in [3.05, 3.63) is 63.7 Å². The van der Waals surface area contributed by atoms with E-state index in [1.54, 1.807) is 0 Å². The van der Waals surface area contributed by atoms with Gasteiger partial charge in [0.25, 0.3) is 5.91 Å². The van der Waals surface area contributed by atoms with Crippen molar-refractivity contribution in [1.82, 2.24) is 10.2 Å². The van der Waals surface area contributed by atoms with Gasteiger partial charge in [-0.25, -0.2) is 0 Å². The van der Waals surface area contributed by atoms with Crippen LogP contribution in [0.25, 0.3) is 0 Å². The number of ether oxygens (including phenoxy) is 2. The van der Waals surface area contributed by atoms with E-state index in [1.807, 2.05) is 52.0 Å². The minimum absolute atomic E-state index is 0.0123. The van der Waals surface area contributed by atoms with Gasteiger partial charge >= 0.3 is 5.69 Å². The molecule has 0 bridgehead atoms. The summed E-state index contributed by atoms with van der Waals surface area (Å²) in [5.74, 6) is -0.299. The number of amides is 2. The van der Waals surface area contributed by atoms with Gasteiger partial charge in [-0.2, -0.15) is 0 Å². The molecule has 0 saturated carbocycles. The first-order valence-electron chi connectivity index (χ1n) is 11.3. The highest BCUT2D eigenvalue weighted by atomic mass is 16.6. The normalized spacial score (nSPS) is 12.4. The highest BCUT2D eigenvalue weighted by Crippen LogP contribution is 2.30. The average molecular weight is 472 g/mol. The molecule has 0 heterocycles. The van der Waals surface area contributed by atoms with Gasteiger partial charge in [-0.05, 0) is 38.3 Å². The SMILES string of the molecule is CC[C@@H](C)NC(=O)[C@H](CC)N(Cc1ccc(C)cc1)C(=O)COc1ccc([N+](=O)[O-])c(OC)c1. The van der Waals surface area contributed by atoms with Crippen LogP contribution in [0.1, 0.15) is 44.7 Å². The maximum atomic E-state index is 13.3. The molecule has 9 heteroatoms. The Labute approximate surface area is 200 Å². The molecule has 184 valence electrons. The van der Waals surface area contributed by atoms with Gasteiger partial charge < -0.3 is 19.7 Å². The van der Waals surface area contributed by atoms with Gasteiger partial charge in [-0.1, -0.05) is 43.7 Å². The summed E-state index contributed by atoms with van der Waals surface area (Å²) < 4.78 is 10.7. The number of nitro benzene ring substituents is 1. The Kier molecular flexibility index (Phi) is 9.85. The van der Waals surface area contributed by atoms with E-state index < -0.39 is 11.0 Å². The molecule has 2 atom stereocenters. The monoisotopic (exact) mass is 471 g/mol. The van der Waals surface area contributed by atoms with Gasteiger partial charge in [0.1, 0.15) is 11.8 Å². The molecule has 0 aliphatic rings. The molecule has 2 rings (SSSR count). The summed E-state index contributed by atoms with van der Waals surface area (Å²) in [7, 11) is 1.32. The van der Waals surface area contributed by atoms with Crippen molar-refractivity contribution in [3.63, 3.8) is 0 Å². The van der Waals surface area contributed by atoms with Crippen LogP contribution in [0.4, 0.5) is 5.69 Å². The molecular weight excluding hydrogens is 438 g/mol. The highest BCUT2D eigenvalue weighted by molar-refractivity contribution is 5.88. The number of carbonyl (C=O) groups is 2. The molecule has 2 aromatic carbocycles. The second kappa shape index (κ2) is 12.6. The van der Waals surface area contributed by atoms with E-state index >= 15 is 0 Å². The molecule has 0 aliphatic carbocycles. The molecular formula is C25H33N3O6. The van der Waals surface area contributed by atoms with Gasteiger partial charge in [-0.3, -0.25) is 19.7 Å². The molecule has 0 aromatic heterocycles. The van der Waals surface area contributed by atoms with Gasteiger partial charge in [0, 0.05) is 24.7 Å². The van der Waals surface area contributed by atoms with E-state index in [1.165, 1.54) is 30.2 Å². The van der Waals surface area contributed by atoms with Crippen LogP contribution in [0.15, 0.2) is 42.5 Å². The smallest absolute Gasteiger partial charge is 0.311 e. The number of nitrogens with one attached hydrogen (secondary N) is 1. The topological polar surface area (TPSA) is 111 Å². The van der Waals surface area contributed by atoms with Crippen LogP contribution in [0, 0.1) is 17.0 Å². The second-order valence-electron chi connectivity index (χ2n) is 8.13. The molecule has 0 unspecified atom stereocenters. The summed E-state index contributed by atoms with van der Waals surface area (Å²) >= 11 is 0. The zero-order valence-electron chi connectivity index (χ0n) is 20.4. The lowest BCUT2D eigenvalue weighted by Gasteiger charge is -2.31. The number of methoxy groups -OCH3 is 1. The van der Waals surface area contributed by atoms with Gasteiger partial charge in [0.15, 0.2) is 6.61 Å². The molecule has 34 heavy (non-hydrogen) atoms. The van der Waals surface area contributed by atoms with E-state index in [0.29, 0.717) is 6.42 Å². The number of nitrogens with zero attached hydrogens (tertiary/aromatic N) is 2.